The normalized spacial score (nSPS) is 12.6. The zero-order valence-electron chi connectivity index (χ0n) is 18.9. The van der Waals surface area contributed by atoms with Gasteiger partial charge >= 0.3 is 0 Å². The maximum atomic E-state index is 13.8. The van der Waals surface area contributed by atoms with Crippen LogP contribution in [0.1, 0.15) is 36.6 Å². The summed E-state index contributed by atoms with van der Waals surface area (Å²) in [5.74, 6) is -0.220. The topological polar surface area (TPSA) is 117 Å². The molecular formula is C24H22FN5O3S. The van der Waals surface area contributed by atoms with E-state index in [0.29, 0.717) is 48.0 Å². The summed E-state index contributed by atoms with van der Waals surface area (Å²) in [5, 5.41) is 12.5. The van der Waals surface area contributed by atoms with Crippen molar-refractivity contribution in [2.45, 2.75) is 31.6 Å². The molecule has 0 fully saturated rings. The number of hydrogen-bond donors (Lipinski definition) is 1. The molecule has 3 aromatic rings. The van der Waals surface area contributed by atoms with Gasteiger partial charge in [0.15, 0.2) is 21.3 Å². The molecule has 0 unspecified atom stereocenters. The molecule has 3 heterocycles. The van der Waals surface area contributed by atoms with Gasteiger partial charge in [-0.15, -0.1) is 0 Å². The fourth-order valence-corrected chi connectivity index (χ4v) is 4.57. The number of anilines is 2. The van der Waals surface area contributed by atoms with Gasteiger partial charge in [0.25, 0.3) is 0 Å². The molecule has 1 aliphatic rings. The lowest BCUT2D eigenvalue weighted by atomic mass is 10.1. The maximum absolute atomic E-state index is 13.8. The summed E-state index contributed by atoms with van der Waals surface area (Å²) in [7, 11) is -3.68. The van der Waals surface area contributed by atoms with Gasteiger partial charge in [0.1, 0.15) is 17.6 Å². The summed E-state index contributed by atoms with van der Waals surface area (Å²) in [6.07, 6.45) is 1.92. The Morgan fingerprint density at radius 3 is 2.65 bits per heavy atom. The fourth-order valence-electron chi connectivity index (χ4n) is 3.73. The van der Waals surface area contributed by atoms with Crippen molar-refractivity contribution in [1.82, 2.24) is 9.97 Å². The first kappa shape index (κ1) is 23.3. The van der Waals surface area contributed by atoms with Crippen LogP contribution in [0.5, 0.6) is 5.75 Å². The number of nitriles is 1. The lowest BCUT2D eigenvalue weighted by molar-refractivity contribution is 0.337. The maximum Gasteiger partial charge on any atom is 0.182 e. The van der Waals surface area contributed by atoms with Crippen LogP contribution in [0.4, 0.5) is 21.5 Å². The van der Waals surface area contributed by atoms with E-state index in [1.165, 1.54) is 12.1 Å². The number of aromatic nitrogens is 2. The molecule has 1 aromatic carbocycles. The smallest absolute Gasteiger partial charge is 0.182 e. The molecule has 0 saturated heterocycles. The zero-order valence-corrected chi connectivity index (χ0v) is 19.7. The minimum Gasteiger partial charge on any atom is -0.491 e. The molecule has 0 saturated carbocycles. The number of benzene rings is 1. The Balaban J connectivity index is 1.74. The first-order chi connectivity index (χ1) is 16.2. The molecule has 34 heavy (non-hydrogen) atoms. The number of ether oxygens (including phenoxy) is 1. The van der Waals surface area contributed by atoms with E-state index in [1.807, 2.05) is 19.9 Å². The van der Waals surface area contributed by atoms with Gasteiger partial charge in [0.2, 0.25) is 0 Å². The van der Waals surface area contributed by atoms with E-state index in [4.69, 9.17) is 9.72 Å². The number of nitrogens with one attached hydrogen (secondary N) is 1. The van der Waals surface area contributed by atoms with Crippen LogP contribution in [0.3, 0.4) is 0 Å². The van der Waals surface area contributed by atoms with Gasteiger partial charge in [0, 0.05) is 36.2 Å². The molecule has 0 spiro atoms. The van der Waals surface area contributed by atoms with Gasteiger partial charge in [-0.05, 0) is 50.2 Å². The van der Waals surface area contributed by atoms with Gasteiger partial charge in [-0.25, -0.2) is 17.8 Å². The van der Waals surface area contributed by atoms with Crippen molar-refractivity contribution in [1.29, 1.82) is 5.26 Å². The predicted octanol–water partition coefficient (Wildman–Crippen LogP) is 4.27. The Labute approximate surface area is 197 Å². The second-order valence-corrected chi connectivity index (χ2v) is 9.87. The van der Waals surface area contributed by atoms with Gasteiger partial charge < -0.3 is 10.1 Å². The van der Waals surface area contributed by atoms with E-state index < -0.39 is 15.7 Å². The van der Waals surface area contributed by atoms with Crippen molar-refractivity contribution in [3.05, 3.63) is 65.0 Å². The van der Waals surface area contributed by atoms with Crippen LogP contribution in [0.25, 0.3) is 0 Å². The van der Waals surface area contributed by atoms with Crippen LogP contribution in [-0.4, -0.2) is 37.0 Å². The van der Waals surface area contributed by atoms with E-state index in [2.05, 4.69) is 15.3 Å². The quantitative estimate of drug-likeness (QED) is 0.538. The number of hydrogen-bond acceptors (Lipinski definition) is 8. The first-order valence-corrected chi connectivity index (χ1v) is 12.4. The minimum absolute atomic E-state index is 0.148. The van der Waals surface area contributed by atoms with Crippen molar-refractivity contribution in [3.8, 4) is 11.8 Å². The molecule has 4 rings (SSSR count). The van der Waals surface area contributed by atoms with Crippen molar-refractivity contribution in [2.75, 3.05) is 18.2 Å². The Hall–Kier alpha value is -3.84. The molecule has 174 valence electrons. The predicted molar refractivity (Wildman–Crippen MR) is 126 cm³/mol. The summed E-state index contributed by atoms with van der Waals surface area (Å²) < 4.78 is 43.7. The molecule has 0 bridgehead atoms. The molecule has 0 aliphatic carbocycles. The standard InChI is InChI=1S/C24H22FN5O3S/c1-4-33-22-8-6-16(28-21(22)13-26)11-17-12-20(24-19(29-17)9-14(2)27-24)30-18-7-5-15(25)10-23(18)34(3,31)32/h5-8,10,12H,4,9,11H2,1-3H3,(H,29,30). The highest BCUT2D eigenvalue weighted by Crippen LogP contribution is 2.37. The molecule has 0 atom stereocenters. The second kappa shape index (κ2) is 9.19. The first-order valence-electron chi connectivity index (χ1n) is 10.5. The third-order valence-corrected chi connectivity index (χ3v) is 6.28. The van der Waals surface area contributed by atoms with Gasteiger partial charge in [-0.2, -0.15) is 5.26 Å². The van der Waals surface area contributed by atoms with Crippen molar-refractivity contribution in [3.63, 3.8) is 0 Å². The fraction of sp³-hybridized carbons (Fsp3) is 0.250. The van der Waals surface area contributed by atoms with Gasteiger partial charge in [0.05, 0.1) is 28.6 Å². The van der Waals surface area contributed by atoms with Gasteiger partial charge in [-0.3, -0.25) is 9.98 Å². The van der Waals surface area contributed by atoms with Crippen molar-refractivity contribution < 1.29 is 17.5 Å². The summed E-state index contributed by atoms with van der Waals surface area (Å²) in [4.78, 5) is 13.5. The number of aliphatic imine (C=N–C) groups is 1. The van der Waals surface area contributed by atoms with E-state index >= 15 is 0 Å². The lowest BCUT2D eigenvalue weighted by Crippen LogP contribution is -2.06. The van der Waals surface area contributed by atoms with Crippen LogP contribution < -0.4 is 10.1 Å². The van der Waals surface area contributed by atoms with Gasteiger partial charge in [-0.1, -0.05) is 0 Å². The Morgan fingerprint density at radius 2 is 1.94 bits per heavy atom. The largest absolute Gasteiger partial charge is 0.491 e. The molecule has 0 radical (unpaired) electrons. The number of nitrogens with zero attached hydrogens (tertiary/aromatic N) is 4. The van der Waals surface area contributed by atoms with E-state index in [1.54, 1.807) is 18.2 Å². The van der Waals surface area contributed by atoms with Crippen LogP contribution in [0.2, 0.25) is 0 Å². The Bertz CT molecular complexity index is 1460. The zero-order chi connectivity index (χ0) is 24.5. The van der Waals surface area contributed by atoms with Crippen LogP contribution in [-0.2, 0) is 22.7 Å². The van der Waals surface area contributed by atoms with Crippen LogP contribution >= 0.6 is 0 Å². The SMILES string of the molecule is CCOc1ccc(Cc2cc(Nc3ccc(F)cc3S(C)(=O)=O)c3c(n2)CC(C)=N3)nc1C#N. The average molecular weight is 480 g/mol. The summed E-state index contributed by atoms with van der Waals surface area (Å²) in [5.41, 5.74) is 4.52. The highest BCUT2D eigenvalue weighted by molar-refractivity contribution is 7.90. The molecule has 10 heteroatoms. The molecule has 1 N–H and O–H groups in total. The monoisotopic (exact) mass is 479 g/mol. The molecule has 0 amide bonds. The average Bonchev–Trinajstić information content (AvgIpc) is 3.16. The van der Waals surface area contributed by atoms with E-state index in [9.17, 15) is 18.1 Å². The van der Waals surface area contributed by atoms with Crippen molar-refractivity contribution >= 4 is 32.6 Å². The molecule has 8 nitrogen and oxygen atoms in total. The Kier molecular flexibility index (Phi) is 6.30. The molecule has 2 aromatic heterocycles. The third kappa shape index (κ3) is 4.89. The summed E-state index contributed by atoms with van der Waals surface area (Å²) >= 11 is 0. The van der Waals surface area contributed by atoms with E-state index in [-0.39, 0.29) is 16.3 Å². The second-order valence-electron chi connectivity index (χ2n) is 7.89. The lowest BCUT2D eigenvalue weighted by Gasteiger charge is -2.15. The van der Waals surface area contributed by atoms with E-state index in [0.717, 1.165) is 23.7 Å². The minimum atomic E-state index is -3.68. The Morgan fingerprint density at radius 1 is 1.15 bits per heavy atom. The summed E-state index contributed by atoms with van der Waals surface area (Å²) in [6, 6.07) is 10.9. The number of fused-ring (bicyclic) bond motifs is 1. The number of rotatable bonds is 7. The molecular weight excluding hydrogens is 457 g/mol. The summed E-state index contributed by atoms with van der Waals surface area (Å²) in [6.45, 7) is 4.14. The third-order valence-electron chi connectivity index (χ3n) is 5.14. The molecule has 1 aliphatic heterocycles. The van der Waals surface area contributed by atoms with Crippen molar-refractivity contribution in [2.24, 2.45) is 4.99 Å². The number of pyridine rings is 2. The number of halogens is 1. The number of sulfone groups is 1. The van der Waals surface area contributed by atoms with Crippen LogP contribution in [0.15, 0.2) is 46.3 Å². The highest BCUT2D eigenvalue weighted by Gasteiger charge is 2.22. The highest BCUT2D eigenvalue weighted by atomic mass is 32.2. The van der Waals surface area contributed by atoms with Crippen LogP contribution in [0, 0.1) is 17.1 Å².